The van der Waals surface area contributed by atoms with E-state index in [1.165, 1.54) is 29.2 Å². The third-order valence-electron chi connectivity index (χ3n) is 9.08. The van der Waals surface area contributed by atoms with Crippen LogP contribution < -0.4 is 19.3 Å². The monoisotopic (exact) mass is 556 g/mol. The maximum Gasteiger partial charge on any atom is 0.246 e. The number of aromatic nitrogens is 1. The standard InChI is InChI=1S/C32H40N6O3/c1-3-30(39)38-17-16-37(21-25(38)11-13-33)32-27-12-15-36(28-10-4-7-23-8-6-18-40-31(23)28)20-24(27)19-29(34-32)41-22-26-9-5-14-35(26)2/h3-4,7,10,19,25-26H,1,5-6,8-9,11-12,14-18,20-22H2,2H3/t25-,26-/m0/s1. The van der Waals surface area contributed by atoms with Crippen LogP contribution in [0, 0.1) is 11.3 Å². The highest BCUT2D eigenvalue weighted by Gasteiger charge is 2.33. The molecule has 2 atom stereocenters. The van der Waals surface area contributed by atoms with E-state index in [0.29, 0.717) is 38.2 Å². The summed E-state index contributed by atoms with van der Waals surface area (Å²) in [5, 5.41) is 9.51. The predicted octanol–water partition coefficient (Wildman–Crippen LogP) is 3.56. The Bertz CT molecular complexity index is 1340. The van der Waals surface area contributed by atoms with Gasteiger partial charge in [0.05, 0.1) is 30.8 Å². The highest BCUT2D eigenvalue weighted by molar-refractivity contribution is 5.87. The van der Waals surface area contributed by atoms with E-state index in [0.717, 1.165) is 69.2 Å². The molecular formula is C32H40N6O3. The van der Waals surface area contributed by atoms with E-state index in [1.54, 1.807) is 4.90 Å². The summed E-state index contributed by atoms with van der Waals surface area (Å²) in [5.41, 5.74) is 4.89. The largest absolute Gasteiger partial charge is 0.491 e. The molecule has 0 saturated carbocycles. The average molecular weight is 557 g/mol. The molecule has 2 aromatic rings. The number of aryl methyl sites for hydroxylation is 1. The Kier molecular flexibility index (Phi) is 8.02. The number of hydrogen-bond acceptors (Lipinski definition) is 8. The van der Waals surface area contributed by atoms with Gasteiger partial charge in [0.15, 0.2) is 0 Å². The first kappa shape index (κ1) is 27.4. The molecule has 1 amide bonds. The molecule has 9 nitrogen and oxygen atoms in total. The van der Waals surface area contributed by atoms with Crippen LogP contribution in [0.1, 0.15) is 42.4 Å². The van der Waals surface area contributed by atoms with E-state index in [9.17, 15) is 10.1 Å². The van der Waals surface area contributed by atoms with Crippen LogP contribution in [0.25, 0.3) is 0 Å². The molecule has 6 rings (SSSR count). The number of carbonyl (C=O) groups is 1. The molecule has 216 valence electrons. The molecule has 1 aromatic heterocycles. The summed E-state index contributed by atoms with van der Waals surface area (Å²) in [4.78, 5) is 26.4. The van der Waals surface area contributed by atoms with E-state index in [4.69, 9.17) is 14.5 Å². The molecule has 4 aliphatic rings. The fourth-order valence-electron chi connectivity index (χ4n) is 6.80. The van der Waals surface area contributed by atoms with Crippen LogP contribution in [-0.2, 0) is 24.2 Å². The fourth-order valence-corrected chi connectivity index (χ4v) is 6.80. The summed E-state index contributed by atoms with van der Waals surface area (Å²) in [7, 11) is 2.16. The van der Waals surface area contributed by atoms with Gasteiger partial charge in [-0.2, -0.15) is 10.2 Å². The molecule has 0 spiro atoms. The Morgan fingerprint density at radius 3 is 2.88 bits per heavy atom. The number of fused-ring (bicyclic) bond motifs is 2. The van der Waals surface area contributed by atoms with E-state index in [1.807, 2.05) is 0 Å². The molecule has 2 saturated heterocycles. The normalized spacial score (nSPS) is 22.4. The number of amides is 1. The van der Waals surface area contributed by atoms with Gasteiger partial charge in [-0.3, -0.25) is 4.79 Å². The van der Waals surface area contributed by atoms with Crippen LogP contribution in [0.5, 0.6) is 11.6 Å². The van der Waals surface area contributed by atoms with Crippen molar-refractivity contribution in [2.75, 3.05) is 62.8 Å². The molecule has 0 aliphatic carbocycles. The Balaban J connectivity index is 1.31. The third-order valence-corrected chi connectivity index (χ3v) is 9.08. The lowest BCUT2D eigenvalue weighted by Crippen LogP contribution is -2.55. The number of benzene rings is 1. The summed E-state index contributed by atoms with van der Waals surface area (Å²) >= 11 is 0. The highest BCUT2D eigenvalue weighted by atomic mass is 16.5. The number of likely N-dealkylation sites (N-methyl/N-ethyl adjacent to an activating group) is 1. The predicted molar refractivity (Wildman–Crippen MR) is 159 cm³/mol. The van der Waals surface area contributed by atoms with Gasteiger partial charge in [-0.15, -0.1) is 0 Å². The lowest BCUT2D eigenvalue weighted by Gasteiger charge is -2.42. The summed E-state index contributed by atoms with van der Waals surface area (Å²) in [5.74, 6) is 2.48. The summed E-state index contributed by atoms with van der Waals surface area (Å²) < 4.78 is 12.5. The first-order valence-corrected chi connectivity index (χ1v) is 15.0. The highest BCUT2D eigenvalue weighted by Crippen LogP contribution is 2.40. The van der Waals surface area contributed by atoms with Crippen LogP contribution in [0.4, 0.5) is 11.5 Å². The van der Waals surface area contributed by atoms with Crippen molar-refractivity contribution < 1.29 is 14.3 Å². The minimum absolute atomic E-state index is 0.123. The van der Waals surface area contributed by atoms with Crippen molar-refractivity contribution in [1.29, 1.82) is 5.26 Å². The molecule has 0 unspecified atom stereocenters. The Morgan fingerprint density at radius 1 is 1.17 bits per heavy atom. The minimum Gasteiger partial charge on any atom is -0.491 e. The van der Waals surface area contributed by atoms with Gasteiger partial charge in [0.2, 0.25) is 11.8 Å². The second kappa shape index (κ2) is 12.0. The molecule has 2 fully saturated rings. The molecule has 9 heteroatoms. The Morgan fingerprint density at radius 2 is 2.07 bits per heavy atom. The van der Waals surface area contributed by atoms with E-state index in [2.05, 4.69) is 58.7 Å². The van der Waals surface area contributed by atoms with Crippen molar-refractivity contribution in [2.45, 2.75) is 57.2 Å². The van der Waals surface area contributed by atoms with Crippen LogP contribution in [0.2, 0.25) is 0 Å². The van der Waals surface area contributed by atoms with Crippen LogP contribution in [-0.4, -0.2) is 85.8 Å². The zero-order chi connectivity index (χ0) is 28.3. The quantitative estimate of drug-likeness (QED) is 0.479. The number of anilines is 2. The molecule has 4 aliphatic heterocycles. The van der Waals surface area contributed by atoms with Crippen molar-refractivity contribution >= 4 is 17.4 Å². The lowest BCUT2D eigenvalue weighted by atomic mass is 9.97. The van der Waals surface area contributed by atoms with Gasteiger partial charge in [-0.1, -0.05) is 18.7 Å². The first-order chi connectivity index (χ1) is 20.1. The van der Waals surface area contributed by atoms with Crippen LogP contribution in [0.3, 0.4) is 0 Å². The smallest absolute Gasteiger partial charge is 0.246 e. The van der Waals surface area contributed by atoms with Crippen molar-refractivity contribution in [1.82, 2.24) is 14.8 Å². The second-order valence-electron chi connectivity index (χ2n) is 11.6. The number of rotatable bonds is 7. The van der Waals surface area contributed by atoms with Crippen LogP contribution >= 0.6 is 0 Å². The summed E-state index contributed by atoms with van der Waals surface area (Å²) in [6, 6.07) is 11.1. The van der Waals surface area contributed by atoms with Crippen molar-refractivity contribution in [3.05, 3.63) is 53.6 Å². The van der Waals surface area contributed by atoms with Gasteiger partial charge < -0.3 is 29.1 Å². The van der Waals surface area contributed by atoms with Gasteiger partial charge in [-0.25, -0.2) is 0 Å². The van der Waals surface area contributed by atoms with Gasteiger partial charge in [0.1, 0.15) is 18.2 Å². The number of nitriles is 1. The van der Waals surface area contributed by atoms with Crippen molar-refractivity contribution in [2.24, 2.45) is 0 Å². The fraction of sp³-hybridized carbons (Fsp3) is 0.531. The van der Waals surface area contributed by atoms with Crippen molar-refractivity contribution in [3.8, 4) is 17.7 Å². The van der Waals surface area contributed by atoms with Gasteiger partial charge in [-0.05, 0) is 69.0 Å². The van der Waals surface area contributed by atoms with E-state index < -0.39 is 0 Å². The third kappa shape index (κ3) is 5.58. The number of ether oxygens (including phenoxy) is 2. The number of carbonyl (C=O) groups excluding carboxylic acids is 1. The number of nitrogens with zero attached hydrogens (tertiary/aromatic N) is 6. The number of likely N-dealkylation sites (tertiary alicyclic amines) is 1. The number of pyridine rings is 1. The molecule has 0 bridgehead atoms. The Hall–Kier alpha value is -3.77. The zero-order valence-corrected chi connectivity index (χ0v) is 24.1. The number of piperazine rings is 1. The minimum atomic E-state index is -0.207. The average Bonchev–Trinajstić information content (AvgIpc) is 3.43. The number of hydrogen-bond donors (Lipinski definition) is 0. The molecule has 5 heterocycles. The van der Waals surface area contributed by atoms with Crippen molar-refractivity contribution in [3.63, 3.8) is 0 Å². The lowest BCUT2D eigenvalue weighted by molar-refractivity contribution is -0.128. The molecule has 0 N–H and O–H groups in total. The maximum absolute atomic E-state index is 12.5. The topological polar surface area (TPSA) is 85.2 Å². The van der Waals surface area contributed by atoms with Crippen LogP contribution in [0.15, 0.2) is 36.9 Å². The maximum atomic E-state index is 12.5. The summed E-state index contributed by atoms with van der Waals surface area (Å²) in [6.07, 6.45) is 6.91. The Labute approximate surface area is 242 Å². The first-order valence-electron chi connectivity index (χ1n) is 15.0. The van der Waals surface area contributed by atoms with Gasteiger partial charge in [0.25, 0.3) is 0 Å². The van der Waals surface area contributed by atoms with E-state index in [-0.39, 0.29) is 18.4 Å². The zero-order valence-electron chi connectivity index (χ0n) is 24.1. The van der Waals surface area contributed by atoms with Gasteiger partial charge >= 0.3 is 0 Å². The second-order valence-corrected chi connectivity index (χ2v) is 11.6. The van der Waals surface area contributed by atoms with Gasteiger partial charge in [0, 0.05) is 50.4 Å². The van der Waals surface area contributed by atoms with E-state index >= 15 is 0 Å². The molecule has 41 heavy (non-hydrogen) atoms. The molecule has 1 aromatic carbocycles. The molecular weight excluding hydrogens is 516 g/mol. The number of para-hydroxylation sites is 1. The SMILES string of the molecule is C=CC(=O)N1CCN(c2nc(OC[C@@H]3CCCN3C)cc3c2CCN(c2cccc4c2OCCC4)C3)C[C@@H]1CC#N. The molecule has 0 radical (unpaired) electrons. The summed E-state index contributed by atoms with van der Waals surface area (Å²) in [6.45, 7) is 9.50.